The number of hydrogen-bond acceptors (Lipinski definition) is 14. The van der Waals surface area contributed by atoms with E-state index in [0.717, 1.165) is 0 Å². The molecule has 0 amide bonds. The molecule has 0 spiro atoms. The standard InChI is InChI=1S/C35H58N4O11/c1-12-25-35(8)29(49-33(43)50-35)23(6)38(11)17-19(2)16-34(7,44)28(21(4)26(40)22(5)30(41)46-25)48-31-27(24(37(9)10)15-20(3)45-31)47-32(42)39-14-13-36-18-39/h13-14,18-29,31,40,44H,12,15-17H2,1-11H3/t19-,20-,21+,22-,23-,24+,25-,26+,27-,28-,29-,31+,34-,35-/m1/s1. The minimum absolute atomic E-state index is 0.129. The normalized spacial score (nSPS) is 42.4. The molecule has 3 aliphatic heterocycles. The first-order valence-corrected chi connectivity index (χ1v) is 17.7. The van der Waals surface area contributed by atoms with Crippen LogP contribution < -0.4 is 0 Å². The lowest BCUT2D eigenvalue weighted by molar-refractivity contribution is -0.298. The average molecular weight is 711 g/mol. The third-order valence-corrected chi connectivity index (χ3v) is 10.9. The second-order valence-corrected chi connectivity index (χ2v) is 15.3. The van der Waals surface area contributed by atoms with Gasteiger partial charge >= 0.3 is 18.2 Å². The highest BCUT2D eigenvalue weighted by Gasteiger charge is 2.58. The average Bonchev–Trinajstić information content (AvgIpc) is 3.69. The van der Waals surface area contributed by atoms with E-state index in [1.54, 1.807) is 27.7 Å². The number of imidazole rings is 1. The fourth-order valence-corrected chi connectivity index (χ4v) is 8.00. The number of nitrogens with zero attached hydrogens (tertiary/aromatic N) is 4. The van der Waals surface area contributed by atoms with Crippen LogP contribution in [-0.4, -0.2) is 142 Å². The van der Waals surface area contributed by atoms with Crippen LogP contribution in [0.1, 0.15) is 74.7 Å². The summed E-state index contributed by atoms with van der Waals surface area (Å²) in [4.78, 5) is 47.3. The molecule has 2 N–H and O–H groups in total. The second-order valence-electron chi connectivity index (χ2n) is 15.3. The first kappa shape index (κ1) is 40.0. The summed E-state index contributed by atoms with van der Waals surface area (Å²) in [5, 5.41) is 24.1. The highest BCUT2D eigenvalue weighted by Crippen LogP contribution is 2.40. The number of aliphatic hydroxyl groups is 2. The SMILES string of the molecule is CC[C@H]1OC(=O)[C@H](C)[C@@H](O)[C@H](C)[C@@H](O[C@@H]2O[C@H](C)C[C@H](N(C)C)[C@H]2OC(=O)n2ccnc2)[C@](C)(O)C[C@@H](C)CN(C)[C@H](C)[C@H]2OC(=O)O[C@@]21C. The summed E-state index contributed by atoms with van der Waals surface area (Å²) in [6.07, 6.45) is -2.57. The van der Waals surface area contributed by atoms with Crippen molar-refractivity contribution in [2.45, 2.75) is 141 Å². The molecule has 4 rings (SSSR count). The van der Waals surface area contributed by atoms with Crippen molar-refractivity contribution in [2.75, 3.05) is 27.7 Å². The van der Waals surface area contributed by atoms with Crippen molar-refractivity contribution in [1.82, 2.24) is 19.4 Å². The van der Waals surface area contributed by atoms with Gasteiger partial charge in [0.25, 0.3) is 0 Å². The maximum absolute atomic E-state index is 13.7. The third kappa shape index (κ3) is 8.45. The Morgan fingerprint density at radius 3 is 2.42 bits per heavy atom. The number of ether oxygens (including phenoxy) is 6. The number of carbonyl (C=O) groups excluding carboxylic acids is 3. The minimum Gasteiger partial charge on any atom is -0.458 e. The second kappa shape index (κ2) is 15.8. The molecule has 50 heavy (non-hydrogen) atoms. The maximum atomic E-state index is 13.7. The largest absolute Gasteiger partial charge is 0.509 e. The highest BCUT2D eigenvalue weighted by atomic mass is 16.8. The Morgan fingerprint density at radius 1 is 1.14 bits per heavy atom. The molecule has 14 atom stereocenters. The van der Waals surface area contributed by atoms with Gasteiger partial charge in [-0.25, -0.2) is 19.1 Å². The highest BCUT2D eigenvalue weighted by molar-refractivity contribution is 5.73. The van der Waals surface area contributed by atoms with Gasteiger partial charge in [-0.15, -0.1) is 0 Å². The van der Waals surface area contributed by atoms with Gasteiger partial charge in [-0.2, -0.15) is 0 Å². The van der Waals surface area contributed by atoms with Gasteiger partial charge in [-0.3, -0.25) is 9.69 Å². The molecule has 0 aliphatic carbocycles. The molecule has 0 radical (unpaired) electrons. The molecule has 15 heteroatoms. The molecule has 1 aromatic rings. The Kier molecular flexibility index (Phi) is 12.6. The van der Waals surface area contributed by atoms with Crippen LogP contribution in [0.15, 0.2) is 18.7 Å². The quantitative estimate of drug-likeness (QED) is 0.338. The molecule has 1 aromatic heterocycles. The van der Waals surface area contributed by atoms with E-state index >= 15 is 0 Å². The zero-order valence-corrected chi connectivity index (χ0v) is 31.3. The van der Waals surface area contributed by atoms with Gasteiger partial charge in [-0.1, -0.05) is 20.8 Å². The Hall–Kier alpha value is -2.82. The lowest BCUT2D eigenvalue weighted by Crippen LogP contribution is -2.60. The number of carbonyl (C=O) groups is 3. The maximum Gasteiger partial charge on any atom is 0.509 e. The molecule has 3 fully saturated rings. The van der Waals surface area contributed by atoms with Crippen molar-refractivity contribution in [3.63, 3.8) is 0 Å². The van der Waals surface area contributed by atoms with E-state index in [1.165, 1.54) is 23.3 Å². The van der Waals surface area contributed by atoms with E-state index in [2.05, 4.69) is 4.98 Å². The number of rotatable bonds is 5. The van der Waals surface area contributed by atoms with Crippen LogP contribution in [-0.2, 0) is 33.2 Å². The van der Waals surface area contributed by atoms with Gasteiger partial charge in [0, 0.05) is 30.9 Å². The number of aromatic nitrogens is 2. The monoisotopic (exact) mass is 710 g/mol. The molecular weight excluding hydrogens is 652 g/mol. The molecule has 284 valence electrons. The molecular formula is C35H58N4O11. The molecule has 4 heterocycles. The summed E-state index contributed by atoms with van der Waals surface area (Å²) in [6.45, 7) is 14.7. The Bertz CT molecular complexity index is 1310. The molecule has 3 saturated heterocycles. The van der Waals surface area contributed by atoms with Crippen LogP contribution in [0, 0.1) is 17.8 Å². The first-order chi connectivity index (χ1) is 23.3. The Morgan fingerprint density at radius 2 is 1.82 bits per heavy atom. The lowest BCUT2D eigenvalue weighted by Gasteiger charge is -2.47. The fourth-order valence-electron chi connectivity index (χ4n) is 8.00. The number of likely N-dealkylation sites (N-methyl/N-ethyl adjacent to an activating group) is 2. The number of esters is 1. The van der Waals surface area contributed by atoms with Crippen LogP contribution in [0.5, 0.6) is 0 Å². The zero-order chi connectivity index (χ0) is 37.3. The fraction of sp³-hybridized carbons (Fsp3) is 0.829. The lowest BCUT2D eigenvalue weighted by atomic mass is 9.78. The summed E-state index contributed by atoms with van der Waals surface area (Å²) < 4.78 is 37.6. The van der Waals surface area contributed by atoms with Crippen molar-refractivity contribution in [3.8, 4) is 0 Å². The minimum atomic E-state index is -1.58. The summed E-state index contributed by atoms with van der Waals surface area (Å²) in [5.74, 6) is -2.75. The van der Waals surface area contributed by atoms with E-state index in [9.17, 15) is 24.6 Å². The zero-order valence-electron chi connectivity index (χ0n) is 31.3. The summed E-state index contributed by atoms with van der Waals surface area (Å²) >= 11 is 0. The Labute approximate surface area is 295 Å². The van der Waals surface area contributed by atoms with Gasteiger partial charge in [0.05, 0.1) is 35.9 Å². The third-order valence-electron chi connectivity index (χ3n) is 10.9. The van der Waals surface area contributed by atoms with Crippen LogP contribution in [0.3, 0.4) is 0 Å². The van der Waals surface area contributed by atoms with E-state index in [-0.39, 0.29) is 30.5 Å². The van der Waals surface area contributed by atoms with Gasteiger partial charge < -0.3 is 43.5 Å². The van der Waals surface area contributed by atoms with Gasteiger partial charge in [0.1, 0.15) is 12.4 Å². The van der Waals surface area contributed by atoms with Crippen LogP contribution >= 0.6 is 0 Å². The van der Waals surface area contributed by atoms with Gasteiger partial charge in [0.15, 0.2) is 24.1 Å². The topological polar surface area (TPSA) is 171 Å². The predicted octanol–water partition coefficient (Wildman–Crippen LogP) is 3.05. The van der Waals surface area contributed by atoms with Crippen LogP contribution in [0.25, 0.3) is 0 Å². The summed E-state index contributed by atoms with van der Waals surface area (Å²) in [7, 11) is 5.65. The summed E-state index contributed by atoms with van der Waals surface area (Å²) in [5.41, 5.74) is -2.86. The van der Waals surface area contributed by atoms with Gasteiger partial charge in [-0.05, 0) is 80.9 Å². The molecule has 0 aromatic carbocycles. The smallest absolute Gasteiger partial charge is 0.458 e. The van der Waals surface area contributed by atoms with E-state index < -0.39 is 78.1 Å². The number of cyclic esters (lactones) is 1. The molecule has 3 aliphatic rings. The molecule has 15 nitrogen and oxygen atoms in total. The van der Waals surface area contributed by atoms with Crippen molar-refractivity contribution in [3.05, 3.63) is 18.7 Å². The van der Waals surface area contributed by atoms with Crippen molar-refractivity contribution in [1.29, 1.82) is 0 Å². The first-order valence-electron chi connectivity index (χ1n) is 17.7. The van der Waals surface area contributed by atoms with E-state index in [1.807, 2.05) is 58.6 Å². The number of hydrogen-bond donors (Lipinski definition) is 2. The predicted molar refractivity (Wildman–Crippen MR) is 180 cm³/mol. The van der Waals surface area contributed by atoms with Gasteiger partial charge in [0.2, 0.25) is 0 Å². The summed E-state index contributed by atoms with van der Waals surface area (Å²) in [6, 6.07) is -0.661. The van der Waals surface area contributed by atoms with Crippen molar-refractivity contribution < 1.29 is 53.0 Å². The van der Waals surface area contributed by atoms with Crippen molar-refractivity contribution >= 4 is 18.2 Å². The van der Waals surface area contributed by atoms with Crippen LogP contribution in [0.4, 0.5) is 9.59 Å². The number of fused-ring (bicyclic) bond motifs is 1. The van der Waals surface area contributed by atoms with Crippen LogP contribution in [0.2, 0.25) is 0 Å². The molecule has 0 unspecified atom stereocenters. The molecule has 0 saturated carbocycles. The van der Waals surface area contributed by atoms with E-state index in [4.69, 9.17) is 28.4 Å². The Balaban J connectivity index is 1.72. The number of aliphatic hydroxyl groups excluding tert-OH is 1. The van der Waals surface area contributed by atoms with E-state index in [0.29, 0.717) is 19.4 Å². The molecule has 0 bridgehead atoms. The van der Waals surface area contributed by atoms with Crippen molar-refractivity contribution in [2.24, 2.45) is 17.8 Å².